The number of fused-ring (bicyclic) bond motifs is 1. The van der Waals surface area contributed by atoms with Gasteiger partial charge in [-0.2, -0.15) is 0 Å². The molecule has 10 nitrogen and oxygen atoms in total. The number of thioether (sulfide) groups is 2. The fourth-order valence-corrected chi connectivity index (χ4v) is 6.14. The number of carboxylic acid groups (broad SMARTS) is 1. The molecule has 12 heteroatoms. The summed E-state index contributed by atoms with van der Waals surface area (Å²) < 4.78 is 5.06. The van der Waals surface area contributed by atoms with Gasteiger partial charge in [0.25, 0.3) is 5.22 Å². The normalized spacial score (nSPS) is 25.8. The van der Waals surface area contributed by atoms with Crippen LogP contribution in [-0.2, 0) is 9.59 Å². The summed E-state index contributed by atoms with van der Waals surface area (Å²) in [5.74, 6) is -0.767. The fourth-order valence-electron chi connectivity index (χ4n) is 3.54. The Bertz CT molecular complexity index is 960. The van der Waals surface area contributed by atoms with E-state index in [0.29, 0.717) is 5.75 Å². The Labute approximate surface area is 186 Å². The van der Waals surface area contributed by atoms with E-state index in [1.54, 1.807) is 0 Å². The first-order chi connectivity index (χ1) is 14.9. The molecule has 1 aromatic carbocycles. The summed E-state index contributed by atoms with van der Waals surface area (Å²) in [7, 11) is 0. The summed E-state index contributed by atoms with van der Waals surface area (Å²) in [5, 5.41) is 22.7. The van der Waals surface area contributed by atoms with E-state index in [1.807, 2.05) is 37.3 Å². The Morgan fingerprint density at radius 3 is 2.87 bits per heavy atom. The first-order valence-corrected chi connectivity index (χ1v) is 11.6. The molecule has 4 rings (SSSR count). The third-order valence-corrected chi connectivity index (χ3v) is 8.05. The molecule has 0 bridgehead atoms. The topological polar surface area (TPSA) is 138 Å². The number of carboxylic acids is 1. The van der Waals surface area contributed by atoms with Crippen LogP contribution >= 0.6 is 23.5 Å². The summed E-state index contributed by atoms with van der Waals surface area (Å²) in [5.41, 5.74) is -0.179. The fraction of sp³-hybridized carbons (Fsp3) is 0.421. The summed E-state index contributed by atoms with van der Waals surface area (Å²) in [6, 6.07) is 8.18. The number of nitrogens with one attached hydrogen (secondary N) is 2. The molecule has 2 aliphatic heterocycles. The van der Waals surface area contributed by atoms with Crippen molar-refractivity contribution in [1.82, 2.24) is 25.7 Å². The molecule has 2 aliphatic rings. The van der Waals surface area contributed by atoms with Crippen LogP contribution in [0.25, 0.3) is 0 Å². The van der Waals surface area contributed by atoms with Crippen molar-refractivity contribution in [3.63, 3.8) is 0 Å². The van der Waals surface area contributed by atoms with Gasteiger partial charge >= 0.3 is 12.0 Å². The van der Waals surface area contributed by atoms with Crippen molar-refractivity contribution < 1.29 is 23.9 Å². The van der Waals surface area contributed by atoms with Crippen LogP contribution < -0.4 is 10.6 Å². The van der Waals surface area contributed by atoms with Crippen molar-refractivity contribution in [2.24, 2.45) is 5.41 Å². The number of carbonyl (C=O) groups excluding carboxylic acids is 2. The predicted molar refractivity (Wildman–Crippen MR) is 113 cm³/mol. The van der Waals surface area contributed by atoms with Gasteiger partial charge < -0.3 is 25.1 Å². The van der Waals surface area contributed by atoms with Gasteiger partial charge in [-0.3, -0.25) is 9.59 Å². The van der Waals surface area contributed by atoms with Crippen LogP contribution in [-0.4, -0.2) is 67.6 Å². The molecule has 3 amide bonds. The van der Waals surface area contributed by atoms with Crippen molar-refractivity contribution in [2.45, 2.75) is 29.6 Å². The highest BCUT2D eigenvalue weighted by Crippen LogP contribution is 2.44. The van der Waals surface area contributed by atoms with Gasteiger partial charge in [0.15, 0.2) is 0 Å². The number of amides is 3. The Kier molecular flexibility index (Phi) is 6.10. The second kappa shape index (κ2) is 8.79. The lowest BCUT2D eigenvalue weighted by Gasteiger charge is -2.53. The minimum Gasteiger partial charge on any atom is -0.481 e. The van der Waals surface area contributed by atoms with E-state index < -0.39 is 23.5 Å². The summed E-state index contributed by atoms with van der Waals surface area (Å²) in [6.07, 6.45) is 1.18. The van der Waals surface area contributed by atoms with E-state index in [2.05, 4.69) is 20.8 Å². The number of rotatable bonds is 7. The average molecular weight is 464 g/mol. The van der Waals surface area contributed by atoms with E-state index in [-0.39, 0.29) is 34.8 Å². The largest absolute Gasteiger partial charge is 0.481 e. The van der Waals surface area contributed by atoms with Gasteiger partial charge in [-0.1, -0.05) is 42.1 Å². The number of β-lactam (4-membered cyclic amide) rings is 1. The monoisotopic (exact) mass is 463 g/mol. The number of carbonyl (C=O) groups is 3. The van der Waals surface area contributed by atoms with E-state index >= 15 is 0 Å². The maximum Gasteiger partial charge on any atom is 0.316 e. The predicted octanol–water partition coefficient (Wildman–Crippen LogP) is 1.58. The lowest BCUT2D eigenvalue weighted by atomic mass is 9.89. The smallest absolute Gasteiger partial charge is 0.316 e. The minimum absolute atomic E-state index is 0.0696. The number of hydrogen-bond donors (Lipinski definition) is 3. The molecule has 1 aromatic heterocycles. The summed E-state index contributed by atoms with van der Waals surface area (Å²) >= 11 is 2.51. The van der Waals surface area contributed by atoms with Crippen LogP contribution in [0.2, 0.25) is 0 Å². The second-order valence-corrected chi connectivity index (χ2v) is 9.51. The second-order valence-electron chi connectivity index (χ2n) is 7.47. The maximum atomic E-state index is 12.7. The standard InChI is InChI=1S/C19H21N5O5S2/c1-11(12-5-3-2-4-6-12)21-17(28)22-13-14(25)24-7-19(16(26)27,8-30-15(13)24)9-31-18-23-20-10-29-18/h2-6,10-11,13,15H,7-9H2,1H3,(H,26,27)(H2,21,22,28)/t11?,13?,15-,19?/m1/s1. The number of aromatic nitrogens is 2. The SMILES string of the molecule is CC(NC(=O)NC1C(=O)N2CC(CSc3nnco3)(C(=O)O)CS[C@H]12)c1ccccc1. The number of aliphatic carboxylic acids is 1. The van der Waals surface area contributed by atoms with Crippen molar-refractivity contribution in [3.8, 4) is 0 Å². The molecule has 0 spiro atoms. The lowest BCUT2D eigenvalue weighted by molar-refractivity contribution is -0.156. The van der Waals surface area contributed by atoms with Gasteiger partial charge in [0.1, 0.15) is 16.8 Å². The van der Waals surface area contributed by atoms with Crippen LogP contribution in [0.3, 0.4) is 0 Å². The zero-order chi connectivity index (χ0) is 22.0. The highest BCUT2D eigenvalue weighted by molar-refractivity contribution is 8.00. The summed E-state index contributed by atoms with van der Waals surface area (Å²) in [6.45, 7) is 1.93. The van der Waals surface area contributed by atoms with E-state index in [4.69, 9.17) is 4.42 Å². The maximum absolute atomic E-state index is 12.7. The molecule has 2 fully saturated rings. The Balaban J connectivity index is 1.34. The van der Waals surface area contributed by atoms with Crippen molar-refractivity contribution in [2.75, 3.05) is 18.1 Å². The Morgan fingerprint density at radius 1 is 1.42 bits per heavy atom. The van der Waals surface area contributed by atoms with Crippen LogP contribution in [0, 0.1) is 5.41 Å². The van der Waals surface area contributed by atoms with Crippen LogP contribution in [0.1, 0.15) is 18.5 Å². The molecule has 3 unspecified atom stereocenters. The van der Waals surface area contributed by atoms with E-state index in [0.717, 1.165) is 17.3 Å². The highest BCUT2D eigenvalue weighted by atomic mass is 32.2. The van der Waals surface area contributed by atoms with Gasteiger partial charge in [0.2, 0.25) is 12.3 Å². The number of benzene rings is 1. The van der Waals surface area contributed by atoms with Gasteiger partial charge in [0, 0.05) is 18.1 Å². The molecule has 2 aromatic rings. The molecule has 164 valence electrons. The first kappa shape index (κ1) is 21.5. The zero-order valence-corrected chi connectivity index (χ0v) is 18.2. The van der Waals surface area contributed by atoms with Gasteiger partial charge in [-0.05, 0) is 12.5 Å². The van der Waals surface area contributed by atoms with Crippen molar-refractivity contribution in [1.29, 1.82) is 0 Å². The Morgan fingerprint density at radius 2 is 2.19 bits per heavy atom. The molecule has 31 heavy (non-hydrogen) atoms. The number of hydrogen-bond acceptors (Lipinski definition) is 8. The van der Waals surface area contributed by atoms with E-state index in [1.165, 1.54) is 23.1 Å². The average Bonchev–Trinajstić information content (AvgIpc) is 3.30. The molecule has 3 N–H and O–H groups in total. The van der Waals surface area contributed by atoms with Crippen molar-refractivity contribution >= 4 is 41.4 Å². The highest BCUT2D eigenvalue weighted by Gasteiger charge is 2.57. The first-order valence-electron chi connectivity index (χ1n) is 9.56. The molecule has 2 saturated heterocycles. The molecular formula is C19H21N5O5S2. The molecule has 3 heterocycles. The third kappa shape index (κ3) is 4.35. The minimum atomic E-state index is -1.13. The molecule has 0 radical (unpaired) electrons. The number of urea groups is 1. The summed E-state index contributed by atoms with van der Waals surface area (Å²) in [4.78, 5) is 38.6. The third-order valence-electron chi connectivity index (χ3n) is 5.34. The molecular weight excluding hydrogens is 442 g/mol. The van der Waals surface area contributed by atoms with E-state index in [9.17, 15) is 19.5 Å². The van der Waals surface area contributed by atoms with Crippen LogP contribution in [0.4, 0.5) is 4.79 Å². The molecule has 0 saturated carbocycles. The Hall–Kier alpha value is -2.73. The van der Waals surface area contributed by atoms with Crippen LogP contribution in [0.15, 0.2) is 46.4 Å². The lowest BCUT2D eigenvalue weighted by Crippen LogP contribution is -2.74. The van der Waals surface area contributed by atoms with Gasteiger partial charge in [-0.25, -0.2) is 4.79 Å². The molecule has 4 atom stereocenters. The molecule has 0 aliphatic carbocycles. The quantitative estimate of drug-likeness (QED) is 0.413. The van der Waals surface area contributed by atoms with Crippen LogP contribution in [0.5, 0.6) is 0 Å². The number of nitrogens with zero attached hydrogens (tertiary/aromatic N) is 3. The van der Waals surface area contributed by atoms with Gasteiger partial charge in [-0.15, -0.1) is 22.0 Å². The van der Waals surface area contributed by atoms with Crippen molar-refractivity contribution in [3.05, 3.63) is 42.3 Å². The zero-order valence-electron chi connectivity index (χ0n) is 16.6. The van der Waals surface area contributed by atoms with Gasteiger partial charge in [0.05, 0.1) is 6.04 Å².